The van der Waals surface area contributed by atoms with Crippen LogP contribution in [-0.2, 0) is 16.0 Å². The average Bonchev–Trinajstić information content (AvgIpc) is 2.41. The molecule has 0 spiro atoms. The topological polar surface area (TPSA) is 66.4 Å². The van der Waals surface area contributed by atoms with E-state index in [9.17, 15) is 9.59 Å². The molecule has 1 amide bonds. The van der Waals surface area contributed by atoms with Crippen molar-refractivity contribution in [3.05, 3.63) is 34.3 Å². The van der Waals surface area contributed by atoms with Gasteiger partial charge in [0.2, 0.25) is 5.91 Å². The van der Waals surface area contributed by atoms with Gasteiger partial charge >= 0.3 is 5.97 Å². The Morgan fingerprint density at radius 1 is 1.38 bits per heavy atom. The summed E-state index contributed by atoms with van der Waals surface area (Å²) in [5.41, 5.74) is 1.12. The third kappa shape index (κ3) is 6.76. The van der Waals surface area contributed by atoms with Gasteiger partial charge < -0.3 is 10.4 Å². The second-order valence-electron chi connectivity index (χ2n) is 5.39. The minimum Gasteiger partial charge on any atom is -0.481 e. The number of aliphatic carboxylic acids is 1. The number of carboxylic acid groups (broad SMARTS) is 1. The number of carbonyl (C=O) groups is 2. The van der Waals surface area contributed by atoms with Gasteiger partial charge in [-0.25, -0.2) is 0 Å². The highest BCUT2D eigenvalue weighted by molar-refractivity contribution is 9.10. The van der Waals surface area contributed by atoms with Crippen LogP contribution in [0.25, 0.3) is 0 Å². The molecule has 116 valence electrons. The van der Waals surface area contributed by atoms with Gasteiger partial charge in [0, 0.05) is 23.4 Å². The summed E-state index contributed by atoms with van der Waals surface area (Å²) in [6.07, 6.45) is 1.52. The molecule has 0 fully saturated rings. The smallest absolute Gasteiger partial charge is 0.303 e. The van der Waals surface area contributed by atoms with Crippen molar-refractivity contribution in [2.45, 2.75) is 33.1 Å². The quantitative estimate of drug-likeness (QED) is 0.752. The maximum absolute atomic E-state index is 12.2. The molecule has 5 heteroatoms. The molecule has 2 unspecified atom stereocenters. The molecule has 0 saturated heterocycles. The molecule has 1 aromatic carbocycles. The van der Waals surface area contributed by atoms with E-state index >= 15 is 0 Å². The lowest BCUT2D eigenvalue weighted by atomic mass is 9.96. The predicted molar refractivity (Wildman–Crippen MR) is 86.1 cm³/mol. The normalized spacial score (nSPS) is 13.5. The van der Waals surface area contributed by atoms with Crippen molar-refractivity contribution in [3.8, 4) is 0 Å². The number of carboxylic acids is 1. The van der Waals surface area contributed by atoms with Crippen LogP contribution >= 0.6 is 15.9 Å². The minimum atomic E-state index is -0.835. The first-order valence-electron chi connectivity index (χ1n) is 7.16. The van der Waals surface area contributed by atoms with Gasteiger partial charge in [-0.3, -0.25) is 9.59 Å². The molecule has 0 heterocycles. The Kier molecular flexibility index (Phi) is 7.43. The highest BCUT2D eigenvalue weighted by Gasteiger charge is 2.18. The fourth-order valence-corrected chi connectivity index (χ4v) is 2.61. The lowest BCUT2D eigenvalue weighted by Crippen LogP contribution is -2.35. The summed E-state index contributed by atoms with van der Waals surface area (Å²) in [4.78, 5) is 22.8. The van der Waals surface area contributed by atoms with Crippen LogP contribution in [0.3, 0.4) is 0 Å². The second-order valence-corrected chi connectivity index (χ2v) is 6.30. The Labute approximate surface area is 134 Å². The van der Waals surface area contributed by atoms with Crippen LogP contribution in [0.1, 0.15) is 32.3 Å². The molecule has 1 aromatic rings. The molecule has 4 nitrogen and oxygen atoms in total. The van der Waals surface area contributed by atoms with Crippen molar-refractivity contribution >= 4 is 27.8 Å². The Hall–Kier alpha value is -1.36. The molecule has 1 rings (SSSR count). The zero-order valence-corrected chi connectivity index (χ0v) is 14.0. The van der Waals surface area contributed by atoms with E-state index < -0.39 is 5.97 Å². The van der Waals surface area contributed by atoms with Crippen molar-refractivity contribution in [2.75, 3.05) is 6.54 Å². The van der Waals surface area contributed by atoms with Crippen LogP contribution in [0.5, 0.6) is 0 Å². The first kappa shape index (κ1) is 17.7. The van der Waals surface area contributed by atoms with E-state index in [0.717, 1.165) is 16.5 Å². The Morgan fingerprint density at radius 3 is 2.67 bits per heavy atom. The highest BCUT2D eigenvalue weighted by atomic mass is 79.9. The maximum Gasteiger partial charge on any atom is 0.303 e. The number of rotatable bonds is 8. The second kappa shape index (κ2) is 8.82. The lowest BCUT2D eigenvalue weighted by Gasteiger charge is -2.17. The van der Waals surface area contributed by atoms with E-state index in [-0.39, 0.29) is 24.2 Å². The summed E-state index contributed by atoms with van der Waals surface area (Å²) in [6, 6.07) is 7.94. The van der Waals surface area contributed by atoms with Gasteiger partial charge in [-0.1, -0.05) is 41.9 Å². The van der Waals surface area contributed by atoms with Crippen LogP contribution in [0.2, 0.25) is 0 Å². The zero-order chi connectivity index (χ0) is 15.8. The maximum atomic E-state index is 12.2. The van der Waals surface area contributed by atoms with Gasteiger partial charge in [-0.15, -0.1) is 0 Å². The van der Waals surface area contributed by atoms with Gasteiger partial charge in [-0.05, 0) is 36.5 Å². The standard InChI is InChI=1S/C16H22BrNO3/c1-3-13(8-12-5-4-6-14(17)9-12)16(21)18-10-11(2)7-15(19)20/h4-6,9,11,13H,3,7-8,10H2,1-2H3,(H,18,21)(H,19,20). The van der Waals surface area contributed by atoms with Crippen LogP contribution in [0, 0.1) is 11.8 Å². The van der Waals surface area contributed by atoms with Crippen molar-refractivity contribution in [3.63, 3.8) is 0 Å². The number of amides is 1. The molecular weight excluding hydrogens is 334 g/mol. The molecular formula is C16H22BrNO3. The number of halogens is 1. The fourth-order valence-electron chi connectivity index (χ4n) is 2.16. The van der Waals surface area contributed by atoms with Crippen LogP contribution < -0.4 is 5.32 Å². The largest absolute Gasteiger partial charge is 0.481 e. The highest BCUT2D eigenvalue weighted by Crippen LogP contribution is 2.17. The molecule has 2 atom stereocenters. The van der Waals surface area contributed by atoms with E-state index in [1.807, 2.05) is 38.1 Å². The summed E-state index contributed by atoms with van der Waals surface area (Å²) in [7, 11) is 0. The average molecular weight is 356 g/mol. The molecule has 21 heavy (non-hydrogen) atoms. The third-order valence-electron chi connectivity index (χ3n) is 3.38. The monoisotopic (exact) mass is 355 g/mol. The number of hydrogen-bond acceptors (Lipinski definition) is 2. The molecule has 0 aliphatic carbocycles. The molecule has 0 bridgehead atoms. The molecule has 0 aliphatic rings. The Bertz CT molecular complexity index is 490. The van der Waals surface area contributed by atoms with Crippen LogP contribution in [0.4, 0.5) is 0 Å². The zero-order valence-electron chi connectivity index (χ0n) is 12.4. The van der Waals surface area contributed by atoms with E-state index in [1.54, 1.807) is 0 Å². The van der Waals surface area contributed by atoms with Gasteiger partial charge in [0.1, 0.15) is 0 Å². The molecule has 0 radical (unpaired) electrons. The number of benzene rings is 1. The Morgan fingerprint density at radius 2 is 2.10 bits per heavy atom. The van der Waals surface area contributed by atoms with Crippen molar-refractivity contribution < 1.29 is 14.7 Å². The van der Waals surface area contributed by atoms with E-state index in [0.29, 0.717) is 13.0 Å². The lowest BCUT2D eigenvalue weighted by molar-refractivity contribution is -0.138. The third-order valence-corrected chi connectivity index (χ3v) is 3.88. The summed E-state index contributed by atoms with van der Waals surface area (Å²) in [5.74, 6) is -0.987. The van der Waals surface area contributed by atoms with Crippen LogP contribution in [-0.4, -0.2) is 23.5 Å². The minimum absolute atomic E-state index is 0.00489. The molecule has 0 saturated carbocycles. The van der Waals surface area contributed by atoms with E-state index in [2.05, 4.69) is 21.2 Å². The predicted octanol–water partition coefficient (Wildman–Crippen LogP) is 3.24. The molecule has 0 aliphatic heterocycles. The van der Waals surface area contributed by atoms with Gasteiger partial charge in [0.25, 0.3) is 0 Å². The fraction of sp³-hybridized carbons (Fsp3) is 0.500. The molecule has 0 aromatic heterocycles. The summed E-state index contributed by atoms with van der Waals surface area (Å²) >= 11 is 3.43. The summed E-state index contributed by atoms with van der Waals surface area (Å²) < 4.78 is 1.00. The number of hydrogen-bond donors (Lipinski definition) is 2. The van der Waals surface area contributed by atoms with Crippen molar-refractivity contribution in [2.24, 2.45) is 11.8 Å². The summed E-state index contributed by atoms with van der Waals surface area (Å²) in [5, 5.41) is 11.6. The number of carbonyl (C=O) groups excluding carboxylic acids is 1. The van der Waals surface area contributed by atoms with E-state index in [4.69, 9.17) is 5.11 Å². The van der Waals surface area contributed by atoms with Crippen molar-refractivity contribution in [1.82, 2.24) is 5.32 Å². The number of nitrogens with one attached hydrogen (secondary N) is 1. The first-order valence-corrected chi connectivity index (χ1v) is 7.95. The first-order chi connectivity index (χ1) is 9.92. The van der Waals surface area contributed by atoms with Gasteiger partial charge in [-0.2, -0.15) is 0 Å². The molecule has 2 N–H and O–H groups in total. The van der Waals surface area contributed by atoms with Crippen LogP contribution in [0.15, 0.2) is 28.7 Å². The van der Waals surface area contributed by atoms with Crippen molar-refractivity contribution in [1.29, 1.82) is 0 Å². The Balaban J connectivity index is 2.51. The summed E-state index contributed by atoms with van der Waals surface area (Å²) in [6.45, 7) is 4.21. The van der Waals surface area contributed by atoms with Gasteiger partial charge in [0.05, 0.1) is 0 Å². The SMILES string of the molecule is CCC(Cc1cccc(Br)c1)C(=O)NCC(C)CC(=O)O. The van der Waals surface area contributed by atoms with E-state index in [1.165, 1.54) is 0 Å². The van der Waals surface area contributed by atoms with Gasteiger partial charge in [0.15, 0.2) is 0 Å².